The first-order valence-electron chi connectivity index (χ1n) is 6.68. The van der Waals surface area contributed by atoms with E-state index in [0.29, 0.717) is 5.69 Å². The molecule has 7 heteroatoms. The summed E-state index contributed by atoms with van der Waals surface area (Å²) in [5.41, 5.74) is 1.28. The van der Waals surface area contributed by atoms with Crippen molar-refractivity contribution in [2.24, 2.45) is 10.2 Å². The lowest BCUT2D eigenvalue weighted by Crippen LogP contribution is -2.07. The third-order valence-electron chi connectivity index (χ3n) is 3.11. The molecule has 2 rings (SSSR count). The first kappa shape index (κ1) is 16.2. The Bertz CT molecular complexity index is 767. The van der Waals surface area contributed by atoms with Crippen LogP contribution in [0.4, 0.5) is 17.1 Å². The van der Waals surface area contributed by atoms with E-state index in [-0.39, 0.29) is 16.8 Å². The lowest BCUT2D eigenvalue weighted by molar-refractivity contribution is 0.0651. The van der Waals surface area contributed by atoms with Gasteiger partial charge < -0.3 is 15.1 Å². The Balaban J connectivity index is 2.27. The van der Waals surface area contributed by atoms with Crippen molar-refractivity contribution in [2.75, 3.05) is 19.0 Å². The van der Waals surface area contributed by atoms with Crippen molar-refractivity contribution in [3.63, 3.8) is 0 Å². The fourth-order valence-corrected chi connectivity index (χ4v) is 1.89. The van der Waals surface area contributed by atoms with E-state index in [1.54, 1.807) is 12.1 Å². The fraction of sp³-hybridized carbons (Fsp3) is 0.125. The molecule has 23 heavy (non-hydrogen) atoms. The van der Waals surface area contributed by atoms with Crippen molar-refractivity contribution >= 4 is 29.0 Å². The van der Waals surface area contributed by atoms with E-state index < -0.39 is 11.9 Å². The molecular formula is C16H15N3O4. The summed E-state index contributed by atoms with van der Waals surface area (Å²) in [5, 5.41) is 26.0. The van der Waals surface area contributed by atoms with Gasteiger partial charge in [-0.25, -0.2) is 9.59 Å². The molecule has 2 aromatic rings. The third-order valence-corrected chi connectivity index (χ3v) is 3.11. The largest absolute Gasteiger partial charge is 0.478 e. The van der Waals surface area contributed by atoms with Crippen LogP contribution in [-0.2, 0) is 0 Å². The molecule has 0 atom stereocenters. The molecule has 0 aromatic heterocycles. The summed E-state index contributed by atoms with van der Waals surface area (Å²) in [4.78, 5) is 24.0. The van der Waals surface area contributed by atoms with Crippen LogP contribution in [-0.4, -0.2) is 36.2 Å². The van der Waals surface area contributed by atoms with Crippen LogP contribution in [0.25, 0.3) is 0 Å². The van der Waals surface area contributed by atoms with E-state index >= 15 is 0 Å². The molecule has 7 nitrogen and oxygen atoms in total. The molecular weight excluding hydrogens is 298 g/mol. The molecule has 2 aromatic carbocycles. The van der Waals surface area contributed by atoms with Crippen LogP contribution in [0.2, 0.25) is 0 Å². The van der Waals surface area contributed by atoms with Gasteiger partial charge in [-0.3, -0.25) is 0 Å². The van der Waals surface area contributed by atoms with Crippen molar-refractivity contribution in [2.45, 2.75) is 0 Å². The second-order valence-electron chi connectivity index (χ2n) is 4.95. The van der Waals surface area contributed by atoms with Gasteiger partial charge in [-0.05, 0) is 42.5 Å². The highest BCUT2D eigenvalue weighted by Crippen LogP contribution is 2.23. The number of carboxylic acid groups (broad SMARTS) is 2. The topological polar surface area (TPSA) is 103 Å². The van der Waals surface area contributed by atoms with Gasteiger partial charge in [0.05, 0.1) is 22.5 Å². The van der Waals surface area contributed by atoms with Gasteiger partial charge in [0.1, 0.15) is 0 Å². The normalized spacial score (nSPS) is 10.7. The van der Waals surface area contributed by atoms with E-state index in [4.69, 9.17) is 10.2 Å². The Morgan fingerprint density at radius 3 is 1.87 bits per heavy atom. The number of carboxylic acids is 2. The van der Waals surface area contributed by atoms with Crippen molar-refractivity contribution in [3.05, 3.63) is 53.6 Å². The number of rotatable bonds is 5. The SMILES string of the molecule is CN(C)c1ccc(N=Nc2ccc(C(=O)O)c(C(=O)O)c2)cc1. The number of nitrogens with zero attached hydrogens (tertiary/aromatic N) is 3. The molecule has 0 unspecified atom stereocenters. The molecule has 0 aliphatic carbocycles. The van der Waals surface area contributed by atoms with Crippen molar-refractivity contribution in [1.29, 1.82) is 0 Å². The number of hydrogen-bond acceptors (Lipinski definition) is 5. The Hall–Kier alpha value is -3.22. The molecule has 0 heterocycles. The molecule has 118 valence electrons. The molecule has 0 amide bonds. The summed E-state index contributed by atoms with van der Waals surface area (Å²) < 4.78 is 0. The van der Waals surface area contributed by atoms with E-state index in [9.17, 15) is 9.59 Å². The Morgan fingerprint density at radius 2 is 1.35 bits per heavy atom. The van der Waals surface area contributed by atoms with Gasteiger partial charge in [-0.15, -0.1) is 0 Å². The minimum atomic E-state index is -1.32. The summed E-state index contributed by atoms with van der Waals surface area (Å²) in [6, 6.07) is 11.1. The number of anilines is 1. The van der Waals surface area contributed by atoms with Gasteiger partial charge in [0.2, 0.25) is 0 Å². The standard InChI is InChI=1S/C16H15N3O4/c1-19(2)12-6-3-10(4-7-12)17-18-11-5-8-13(15(20)21)14(9-11)16(22)23/h3-9H,1-2H3,(H,20,21)(H,22,23). The Morgan fingerprint density at radius 1 is 0.826 bits per heavy atom. The minimum absolute atomic E-state index is 0.268. The van der Waals surface area contributed by atoms with Gasteiger partial charge in [0, 0.05) is 19.8 Å². The van der Waals surface area contributed by atoms with Crippen LogP contribution in [0.5, 0.6) is 0 Å². The van der Waals surface area contributed by atoms with Crippen LogP contribution in [0, 0.1) is 0 Å². The average molecular weight is 313 g/mol. The number of benzene rings is 2. The summed E-state index contributed by atoms with van der Waals surface area (Å²) >= 11 is 0. The maximum Gasteiger partial charge on any atom is 0.336 e. The molecule has 0 fully saturated rings. The monoisotopic (exact) mass is 313 g/mol. The molecule has 0 saturated carbocycles. The third kappa shape index (κ3) is 3.91. The lowest BCUT2D eigenvalue weighted by Gasteiger charge is -2.11. The molecule has 0 radical (unpaired) electrons. The molecule has 0 aliphatic heterocycles. The van der Waals surface area contributed by atoms with Crippen LogP contribution < -0.4 is 4.90 Å². The molecule has 2 N–H and O–H groups in total. The van der Waals surface area contributed by atoms with Crippen molar-refractivity contribution in [1.82, 2.24) is 0 Å². The maximum absolute atomic E-state index is 11.1. The van der Waals surface area contributed by atoms with E-state index in [2.05, 4.69) is 10.2 Å². The van der Waals surface area contributed by atoms with Crippen LogP contribution in [0.15, 0.2) is 52.7 Å². The van der Waals surface area contributed by atoms with E-state index in [1.165, 1.54) is 18.2 Å². The summed E-state index contributed by atoms with van der Waals surface area (Å²) in [5.74, 6) is -2.63. The number of aromatic carboxylic acids is 2. The quantitative estimate of drug-likeness (QED) is 0.821. The van der Waals surface area contributed by atoms with Crippen LogP contribution in [0.3, 0.4) is 0 Å². The lowest BCUT2D eigenvalue weighted by atomic mass is 10.1. The number of azo groups is 1. The summed E-state index contributed by atoms with van der Waals surface area (Å²) in [6.07, 6.45) is 0. The van der Waals surface area contributed by atoms with Gasteiger partial charge in [-0.1, -0.05) is 0 Å². The first-order chi connectivity index (χ1) is 10.9. The average Bonchev–Trinajstić information content (AvgIpc) is 2.52. The van der Waals surface area contributed by atoms with Gasteiger partial charge in [0.15, 0.2) is 0 Å². The van der Waals surface area contributed by atoms with Crippen molar-refractivity contribution < 1.29 is 19.8 Å². The van der Waals surface area contributed by atoms with Crippen LogP contribution >= 0.6 is 0 Å². The second kappa shape index (κ2) is 6.69. The van der Waals surface area contributed by atoms with Crippen molar-refractivity contribution in [3.8, 4) is 0 Å². The highest BCUT2D eigenvalue weighted by molar-refractivity contribution is 6.02. The second-order valence-corrected chi connectivity index (χ2v) is 4.95. The smallest absolute Gasteiger partial charge is 0.336 e. The first-order valence-corrected chi connectivity index (χ1v) is 6.68. The highest BCUT2D eigenvalue weighted by atomic mass is 16.4. The van der Waals surface area contributed by atoms with Gasteiger partial charge in [-0.2, -0.15) is 10.2 Å². The molecule has 0 spiro atoms. The summed E-state index contributed by atoms with van der Waals surface area (Å²) in [7, 11) is 3.85. The van der Waals surface area contributed by atoms with Crippen LogP contribution in [0.1, 0.15) is 20.7 Å². The van der Waals surface area contributed by atoms with E-state index in [1.807, 2.05) is 31.1 Å². The maximum atomic E-state index is 11.1. The number of hydrogen-bond donors (Lipinski definition) is 2. The Kier molecular flexibility index (Phi) is 4.70. The minimum Gasteiger partial charge on any atom is -0.478 e. The predicted octanol–water partition coefficient (Wildman–Crippen LogP) is 3.56. The number of carbonyl (C=O) groups is 2. The predicted molar refractivity (Wildman–Crippen MR) is 85.3 cm³/mol. The van der Waals surface area contributed by atoms with Gasteiger partial charge in [0.25, 0.3) is 0 Å². The van der Waals surface area contributed by atoms with Gasteiger partial charge >= 0.3 is 11.9 Å². The molecule has 0 aliphatic rings. The highest BCUT2D eigenvalue weighted by Gasteiger charge is 2.16. The Labute approximate surface area is 132 Å². The zero-order valence-corrected chi connectivity index (χ0v) is 12.6. The zero-order valence-electron chi connectivity index (χ0n) is 12.6. The molecule has 0 saturated heterocycles. The molecule has 0 bridgehead atoms. The zero-order chi connectivity index (χ0) is 17.0. The fourth-order valence-electron chi connectivity index (χ4n) is 1.89. The van der Waals surface area contributed by atoms with E-state index in [0.717, 1.165) is 5.69 Å². The summed E-state index contributed by atoms with van der Waals surface area (Å²) in [6.45, 7) is 0.